The Hall–Kier alpha value is -1.08. The van der Waals surface area contributed by atoms with Crippen molar-refractivity contribution < 1.29 is 14.7 Å². The Bertz CT molecular complexity index is 286. The third-order valence-corrected chi connectivity index (χ3v) is 3.07. The van der Waals surface area contributed by atoms with Crippen LogP contribution in [0.5, 0.6) is 0 Å². The van der Waals surface area contributed by atoms with Crippen LogP contribution in [0.1, 0.15) is 13.8 Å². The maximum absolute atomic E-state index is 11.1. The van der Waals surface area contributed by atoms with E-state index in [1.807, 2.05) is 0 Å². The van der Waals surface area contributed by atoms with Gasteiger partial charge < -0.3 is 16.6 Å². The molecule has 0 fully saturated rings. The number of carboxylic acids is 1. The van der Waals surface area contributed by atoms with Crippen LogP contribution in [0.4, 0.5) is 0 Å². The number of nitrogens with zero attached hydrogens (tertiary/aromatic N) is 1. The summed E-state index contributed by atoms with van der Waals surface area (Å²) < 4.78 is 0. The molecule has 0 aliphatic heterocycles. The van der Waals surface area contributed by atoms with Gasteiger partial charge in [0.15, 0.2) is 11.3 Å². The summed E-state index contributed by atoms with van der Waals surface area (Å²) >= 11 is 1.27. The van der Waals surface area contributed by atoms with E-state index in [0.717, 1.165) is 0 Å². The van der Waals surface area contributed by atoms with Gasteiger partial charge >= 0.3 is 5.97 Å². The van der Waals surface area contributed by atoms with Gasteiger partial charge in [-0.2, -0.15) is 11.8 Å². The number of aliphatic imine (C=N–C) groups is 1. The predicted molar refractivity (Wildman–Crippen MR) is 64.7 cm³/mol. The number of rotatable bonds is 7. The number of Topliss-reactive ketones (excluding diaryl/α,β-unsaturated/α-hetero) is 1. The average molecular weight is 247 g/mol. The Morgan fingerprint density at radius 3 is 2.38 bits per heavy atom. The molecule has 0 aromatic heterocycles. The number of thioether (sulfide) groups is 1. The largest absolute Gasteiger partial charge is 0.480 e. The lowest BCUT2D eigenvalue weighted by molar-refractivity contribution is -0.146. The van der Waals surface area contributed by atoms with Crippen molar-refractivity contribution in [2.24, 2.45) is 16.5 Å². The molecule has 0 saturated carbocycles. The summed E-state index contributed by atoms with van der Waals surface area (Å²) in [5.41, 5.74) is 9.02. The molecule has 0 spiro atoms. The zero-order valence-corrected chi connectivity index (χ0v) is 10.2. The number of carboxylic acid groups (broad SMARTS) is 1. The third-order valence-electron chi connectivity index (χ3n) is 1.94. The Labute approximate surface area is 98.5 Å². The zero-order valence-electron chi connectivity index (χ0n) is 9.40. The molecule has 0 aromatic rings. The number of ketones is 1. The van der Waals surface area contributed by atoms with E-state index in [2.05, 4.69) is 4.99 Å². The number of amidine groups is 1. The van der Waals surface area contributed by atoms with Gasteiger partial charge in [-0.25, -0.2) is 4.79 Å². The molecule has 0 aliphatic carbocycles. The molecule has 0 saturated heterocycles. The first-order chi connectivity index (χ1) is 7.30. The molecule has 0 rings (SSSR count). The molecule has 1 atom stereocenters. The van der Waals surface area contributed by atoms with E-state index in [0.29, 0.717) is 18.1 Å². The van der Waals surface area contributed by atoms with Crippen molar-refractivity contribution in [3.05, 3.63) is 0 Å². The van der Waals surface area contributed by atoms with Gasteiger partial charge in [0, 0.05) is 18.1 Å². The fourth-order valence-corrected chi connectivity index (χ4v) is 1.85. The van der Waals surface area contributed by atoms with Crippen molar-refractivity contribution in [3.8, 4) is 0 Å². The van der Waals surface area contributed by atoms with Crippen molar-refractivity contribution in [1.82, 2.24) is 0 Å². The van der Waals surface area contributed by atoms with Gasteiger partial charge in [0.05, 0.1) is 5.84 Å². The number of hydrogen-bond acceptors (Lipinski definition) is 5. The van der Waals surface area contributed by atoms with Crippen molar-refractivity contribution in [2.75, 3.05) is 18.1 Å². The highest BCUT2D eigenvalue weighted by atomic mass is 32.2. The van der Waals surface area contributed by atoms with Gasteiger partial charge in [0.1, 0.15) is 0 Å². The first-order valence-electron chi connectivity index (χ1n) is 4.68. The molecule has 5 N–H and O–H groups in total. The van der Waals surface area contributed by atoms with Crippen LogP contribution in [0.3, 0.4) is 0 Å². The number of hydrogen-bond donors (Lipinski definition) is 3. The highest BCUT2D eigenvalue weighted by molar-refractivity contribution is 7.99. The Kier molecular flexibility index (Phi) is 6.05. The summed E-state index contributed by atoms with van der Waals surface area (Å²) in [6, 6.07) is 0. The highest BCUT2D eigenvalue weighted by Gasteiger charge is 2.38. The highest BCUT2D eigenvalue weighted by Crippen LogP contribution is 2.12. The van der Waals surface area contributed by atoms with Crippen LogP contribution < -0.4 is 11.5 Å². The second-order valence-electron chi connectivity index (χ2n) is 3.41. The van der Waals surface area contributed by atoms with Crippen LogP contribution in [0, 0.1) is 0 Å². The predicted octanol–water partition coefficient (Wildman–Crippen LogP) is -0.532. The van der Waals surface area contributed by atoms with E-state index in [1.165, 1.54) is 18.7 Å². The van der Waals surface area contributed by atoms with Crippen LogP contribution in [-0.2, 0) is 9.59 Å². The molecule has 0 heterocycles. The smallest absolute Gasteiger partial charge is 0.332 e. The van der Waals surface area contributed by atoms with E-state index in [9.17, 15) is 9.59 Å². The molecule has 0 aromatic carbocycles. The van der Waals surface area contributed by atoms with Crippen molar-refractivity contribution in [3.63, 3.8) is 0 Å². The molecule has 1 unspecified atom stereocenters. The molecule has 0 aliphatic rings. The molecule has 6 nitrogen and oxygen atoms in total. The monoisotopic (exact) mass is 247 g/mol. The van der Waals surface area contributed by atoms with Gasteiger partial charge in [0.2, 0.25) is 0 Å². The molecular weight excluding hydrogens is 230 g/mol. The van der Waals surface area contributed by atoms with E-state index >= 15 is 0 Å². The van der Waals surface area contributed by atoms with Crippen molar-refractivity contribution in [2.45, 2.75) is 19.4 Å². The van der Waals surface area contributed by atoms with Crippen LogP contribution >= 0.6 is 11.8 Å². The zero-order chi connectivity index (χ0) is 12.8. The van der Waals surface area contributed by atoms with E-state index in [1.54, 1.807) is 6.92 Å². The lowest BCUT2D eigenvalue weighted by Crippen LogP contribution is -2.56. The molecular formula is C9H17N3O3S. The van der Waals surface area contributed by atoms with Crippen molar-refractivity contribution >= 4 is 29.4 Å². The van der Waals surface area contributed by atoms with E-state index in [-0.39, 0.29) is 5.75 Å². The fourth-order valence-electron chi connectivity index (χ4n) is 0.834. The van der Waals surface area contributed by atoms with Gasteiger partial charge in [-0.15, -0.1) is 0 Å². The van der Waals surface area contributed by atoms with Crippen LogP contribution in [0.15, 0.2) is 4.99 Å². The topological polar surface area (TPSA) is 119 Å². The number of carbonyl (C=O) groups excluding carboxylic acids is 1. The summed E-state index contributed by atoms with van der Waals surface area (Å²) in [7, 11) is 0. The Morgan fingerprint density at radius 1 is 1.44 bits per heavy atom. The lowest BCUT2D eigenvalue weighted by Gasteiger charge is -2.20. The minimum atomic E-state index is -1.80. The minimum Gasteiger partial charge on any atom is -0.480 e. The standard InChI is InChI=1S/C9H17N3O3S/c1-6(13)9(11,8(14)15)5-16-4-3-12-7(2)10/h3-5,11H2,1-2H3,(H2,10,12)(H,14,15). The van der Waals surface area contributed by atoms with Crippen LogP contribution in [0.25, 0.3) is 0 Å². The maximum Gasteiger partial charge on any atom is 0.332 e. The third kappa shape index (κ3) is 4.63. The fraction of sp³-hybridized carbons (Fsp3) is 0.667. The molecule has 0 bridgehead atoms. The number of nitrogens with two attached hydrogens (primary N) is 2. The lowest BCUT2D eigenvalue weighted by atomic mass is 9.99. The summed E-state index contributed by atoms with van der Waals surface area (Å²) in [5.74, 6) is -0.758. The number of aliphatic carboxylic acids is 1. The minimum absolute atomic E-state index is 0.0385. The summed E-state index contributed by atoms with van der Waals surface area (Å²) in [6.07, 6.45) is 0. The second-order valence-corrected chi connectivity index (χ2v) is 4.51. The molecule has 0 amide bonds. The van der Waals surface area contributed by atoms with Gasteiger partial charge in [-0.3, -0.25) is 9.79 Å². The number of carbonyl (C=O) groups is 2. The first kappa shape index (κ1) is 14.9. The van der Waals surface area contributed by atoms with E-state index in [4.69, 9.17) is 16.6 Å². The molecule has 7 heteroatoms. The van der Waals surface area contributed by atoms with Crippen molar-refractivity contribution in [1.29, 1.82) is 0 Å². The average Bonchev–Trinajstić information content (AvgIpc) is 2.15. The molecule has 92 valence electrons. The Balaban J connectivity index is 4.11. The summed E-state index contributed by atoms with van der Waals surface area (Å²) in [6.45, 7) is 3.34. The quantitative estimate of drug-likeness (QED) is 0.241. The molecule has 16 heavy (non-hydrogen) atoms. The first-order valence-corrected chi connectivity index (χ1v) is 5.83. The SMILES string of the molecule is CC(=O)C(N)(CSCCN=C(C)N)C(=O)O. The van der Waals surface area contributed by atoms with Gasteiger partial charge in [-0.1, -0.05) is 0 Å². The molecule has 0 radical (unpaired) electrons. The summed E-state index contributed by atoms with van der Waals surface area (Å²) in [4.78, 5) is 25.9. The van der Waals surface area contributed by atoms with Crippen LogP contribution in [-0.4, -0.2) is 46.3 Å². The normalized spacial score (nSPS) is 15.6. The van der Waals surface area contributed by atoms with Gasteiger partial charge in [0.25, 0.3) is 0 Å². The maximum atomic E-state index is 11.1. The van der Waals surface area contributed by atoms with E-state index < -0.39 is 17.3 Å². The second kappa shape index (κ2) is 6.49. The van der Waals surface area contributed by atoms with Gasteiger partial charge in [-0.05, 0) is 13.8 Å². The summed E-state index contributed by atoms with van der Waals surface area (Å²) in [5, 5.41) is 8.84. The van der Waals surface area contributed by atoms with Crippen LogP contribution in [0.2, 0.25) is 0 Å². The Morgan fingerprint density at radius 2 is 2.00 bits per heavy atom.